The van der Waals surface area contributed by atoms with Gasteiger partial charge < -0.3 is 10.2 Å². The summed E-state index contributed by atoms with van der Waals surface area (Å²) in [6.45, 7) is 3.03. The molecule has 1 aliphatic rings. The molecule has 2 rings (SSSR count). The summed E-state index contributed by atoms with van der Waals surface area (Å²) in [5.41, 5.74) is 0.635. The average molecular weight is 277 g/mol. The van der Waals surface area contributed by atoms with Crippen LogP contribution >= 0.6 is 0 Å². The van der Waals surface area contributed by atoms with Crippen LogP contribution in [0.25, 0.3) is 0 Å². The number of nitro groups is 1. The van der Waals surface area contributed by atoms with E-state index in [-0.39, 0.29) is 23.2 Å². The Bertz CT molecular complexity index is 530. The predicted molar refractivity (Wildman–Crippen MR) is 75.8 cm³/mol. The molecule has 1 fully saturated rings. The first kappa shape index (κ1) is 14.5. The van der Waals surface area contributed by atoms with Crippen molar-refractivity contribution in [3.8, 4) is 0 Å². The third-order valence-electron chi connectivity index (χ3n) is 3.73. The minimum absolute atomic E-state index is 0.0763. The van der Waals surface area contributed by atoms with Gasteiger partial charge in [0, 0.05) is 24.7 Å². The summed E-state index contributed by atoms with van der Waals surface area (Å²) in [6, 6.07) is 5.01. The summed E-state index contributed by atoms with van der Waals surface area (Å²) in [6.07, 6.45) is 1.88. The number of carbonyl (C=O) groups excluding carboxylic acids is 1. The predicted octanol–water partition coefficient (Wildman–Crippen LogP) is 1.73. The van der Waals surface area contributed by atoms with Crippen molar-refractivity contribution in [3.63, 3.8) is 0 Å². The molecule has 1 unspecified atom stereocenters. The van der Waals surface area contributed by atoms with Crippen molar-refractivity contribution in [2.45, 2.75) is 25.8 Å². The minimum Gasteiger partial charge on any atom is -0.334 e. The maximum absolute atomic E-state index is 12.6. The third kappa shape index (κ3) is 2.65. The van der Waals surface area contributed by atoms with Gasteiger partial charge in [0.15, 0.2) is 0 Å². The Kier molecular flexibility index (Phi) is 4.34. The molecule has 0 spiro atoms. The van der Waals surface area contributed by atoms with Gasteiger partial charge in [-0.3, -0.25) is 14.9 Å². The summed E-state index contributed by atoms with van der Waals surface area (Å²) in [5, 5.41) is 14.3. The monoisotopic (exact) mass is 277 g/mol. The quantitative estimate of drug-likeness (QED) is 0.671. The van der Waals surface area contributed by atoms with Gasteiger partial charge in [0.2, 0.25) is 0 Å². The van der Waals surface area contributed by atoms with Crippen molar-refractivity contribution in [3.05, 3.63) is 39.4 Å². The van der Waals surface area contributed by atoms with E-state index in [1.165, 1.54) is 0 Å². The van der Waals surface area contributed by atoms with Gasteiger partial charge in [-0.2, -0.15) is 0 Å². The number of benzene rings is 1. The molecule has 1 aliphatic heterocycles. The molecule has 0 bridgehead atoms. The Hall–Kier alpha value is -1.95. The first-order chi connectivity index (χ1) is 9.56. The number of hydrogen-bond acceptors (Lipinski definition) is 4. The second-order valence-electron chi connectivity index (χ2n) is 5.08. The smallest absolute Gasteiger partial charge is 0.285 e. The number of rotatable bonds is 4. The van der Waals surface area contributed by atoms with Gasteiger partial charge in [-0.25, -0.2) is 0 Å². The van der Waals surface area contributed by atoms with Crippen LogP contribution in [0.2, 0.25) is 0 Å². The molecular weight excluding hydrogens is 258 g/mol. The molecule has 1 aromatic carbocycles. The summed E-state index contributed by atoms with van der Waals surface area (Å²) >= 11 is 0. The topological polar surface area (TPSA) is 75.5 Å². The SMILES string of the molecule is CNCC1CCCN1C(=O)c1cccc(C)c1[N+](=O)[O-]. The van der Waals surface area contributed by atoms with Crippen molar-refractivity contribution in [1.82, 2.24) is 10.2 Å². The molecule has 0 aliphatic carbocycles. The highest BCUT2D eigenvalue weighted by atomic mass is 16.6. The zero-order valence-corrected chi connectivity index (χ0v) is 11.8. The summed E-state index contributed by atoms with van der Waals surface area (Å²) < 4.78 is 0. The molecule has 108 valence electrons. The number of nitro benzene ring substituents is 1. The van der Waals surface area contributed by atoms with Gasteiger partial charge in [-0.15, -0.1) is 0 Å². The van der Waals surface area contributed by atoms with Crippen LogP contribution in [0.15, 0.2) is 18.2 Å². The first-order valence-corrected chi connectivity index (χ1v) is 6.75. The highest BCUT2D eigenvalue weighted by Crippen LogP contribution is 2.27. The van der Waals surface area contributed by atoms with Crippen molar-refractivity contribution in [1.29, 1.82) is 0 Å². The molecule has 20 heavy (non-hydrogen) atoms. The lowest BCUT2D eigenvalue weighted by molar-refractivity contribution is -0.385. The maximum atomic E-state index is 12.6. The van der Waals surface area contributed by atoms with E-state index in [1.807, 2.05) is 7.05 Å². The van der Waals surface area contributed by atoms with Crippen LogP contribution in [0, 0.1) is 17.0 Å². The Balaban J connectivity index is 2.34. The van der Waals surface area contributed by atoms with E-state index in [4.69, 9.17) is 0 Å². The van der Waals surface area contributed by atoms with E-state index >= 15 is 0 Å². The largest absolute Gasteiger partial charge is 0.334 e. The standard InChI is InChI=1S/C14H19N3O3/c1-10-5-3-7-12(13(10)17(19)20)14(18)16-8-4-6-11(16)9-15-2/h3,5,7,11,15H,4,6,8-9H2,1-2H3. The van der Waals surface area contributed by atoms with Gasteiger partial charge >= 0.3 is 0 Å². The number of hydrogen-bond donors (Lipinski definition) is 1. The number of amides is 1. The molecule has 6 nitrogen and oxygen atoms in total. The molecule has 0 radical (unpaired) electrons. The summed E-state index contributed by atoms with van der Waals surface area (Å²) in [4.78, 5) is 25.1. The summed E-state index contributed by atoms with van der Waals surface area (Å²) in [5.74, 6) is -0.238. The Morgan fingerprint density at radius 3 is 2.95 bits per heavy atom. The second kappa shape index (κ2) is 6.00. The second-order valence-corrected chi connectivity index (χ2v) is 5.08. The molecule has 1 heterocycles. The fourth-order valence-electron chi connectivity index (χ4n) is 2.78. The highest BCUT2D eigenvalue weighted by molar-refractivity contribution is 5.99. The van der Waals surface area contributed by atoms with Gasteiger partial charge in [-0.1, -0.05) is 12.1 Å². The average Bonchev–Trinajstić information content (AvgIpc) is 2.86. The van der Waals surface area contributed by atoms with Crippen LogP contribution in [0.5, 0.6) is 0 Å². The zero-order valence-electron chi connectivity index (χ0n) is 11.8. The van der Waals surface area contributed by atoms with Crippen molar-refractivity contribution in [2.75, 3.05) is 20.1 Å². The Labute approximate surface area is 117 Å². The maximum Gasteiger partial charge on any atom is 0.285 e. The number of para-hydroxylation sites is 1. The van der Waals surface area contributed by atoms with Crippen molar-refractivity contribution < 1.29 is 9.72 Å². The molecule has 1 aromatic rings. The number of carbonyl (C=O) groups is 1. The molecular formula is C14H19N3O3. The minimum atomic E-state index is -0.467. The number of nitrogens with zero attached hydrogens (tertiary/aromatic N) is 2. The van der Waals surface area contributed by atoms with Gasteiger partial charge in [-0.05, 0) is 32.9 Å². The van der Waals surface area contributed by atoms with E-state index in [1.54, 1.807) is 30.0 Å². The fraction of sp³-hybridized carbons (Fsp3) is 0.500. The molecule has 1 N–H and O–H groups in total. The summed E-state index contributed by atoms with van der Waals surface area (Å²) in [7, 11) is 1.84. The van der Waals surface area contributed by atoms with E-state index in [2.05, 4.69) is 5.32 Å². The lowest BCUT2D eigenvalue weighted by Crippen LogP contribution is -2.41. The Morgan fingerprint density at radius 1 is 1.55 bits per heavy atom. The molecule has 1 atom stereocenters. The number of likely N-dealkylation sites (N-methyl/N-ethyl adjacent to an activating group) is 1. The van der Waals surface area contributed by atoms with E-state index in [0.29, 0.717) is 18.7 Å². The molecule has 6 heteroatoms. The molecule has 0 saturated carbocycles. The lowest BCUT2D eigenvalue weighted by Gasteiger charge is -2.24. The van der Waals surface area contributed by atoms with E-state index in [0.717, 1.165) is 12.8 Å². The van der Waals surface area contributed by atoms with E-state index in [9.17, 15) is 14.9 Å². The van der Waals surface area contributed by atoms with Crippen LogP contribution in [0.1, 0.15) is 28.8 Å². The van der Waals surface area contributed by atoms with Gasteiger partial charge in [0.25, 0.3) is 11.6 Å². The molecule has 1 amide bonds. The van der Waals surface area contributed by atoms with Crippen molar-refractivity contribution >= 4 is 11.6 Å². The number of likely N-dealkylation sites (tertiary alicyclic amines) is 1. The van der Waals surface area contributed by atoms with E-state index < -0.39 is 4.92 Å². The zero-order chi connectivity index (χ0) is 14.7. The number of nitrogens with one attached hydrogen (secondary N) is 1. The molecule has 0 aromatic heterocycles. The van der Waals surface area contributed by atoms with Crippen LogP contribution in [0.4, 0.5) is 5.69 Å². The molecule has 1 saturated heterocycles. The van der Waals surface area contributed by atoms with Gasteiger partial charge in [0.1, 0.15) is 5.56 Å². The van der Waals surface area contributed by atoms with Crippen LogP contribution in [0.3, 0.4) is 0 Å². The number of aryl methyl sites for hydroxylation is 1. The normalized spacial score (nSPS) is 18.3. The first-order valence-electron chi connectivity index (χ1n) is 6.75. The van der Waals surface area contributed by atoms with Gasteiger partial charge in [0.05, 0.1) is 4.92 Å². The highest BCUT2D eigenvalue weighted by Gasteiger charge is 2.32. The Morgan fingerprint density at radius 2 is 2.30 bits per heavy atom. The van der Waals surface area contributed by atoms with Crippen molar-refractivity contribution in [2.24, 2.45) is 0 Å². The third-order valence-corrected chi connectivity index (χ3v) is 3.73. The van der Waals surface area contributed by atoms with Crippen LogP contribution in [-0.4, -0.2) is 41.9 Å². The van der Waals surface area contributed by atoms with Crippen LogP contribution < -0.4 is 5.32 Å². The fourth-order valence-corrected chi connectivity index (χ4v) is 2.78. The lowest BCUT2D eigenvalue weighted by atomic mass is 10.1. The van der Waals surface area contributed by atoms with Crippen LogP contribution in [-0.2, 0) is 0 Å².